The van der Waals surface area contributed by atoms with Crippen molar-refractivity contribution < 1.29 is 29.0 Å². The van der Waals surface area contributed by atoms with Gasteiger partial charge in [-0.3, -0.25) is 14.4 Å². The third-order valence-electron chi connectivity index (χ3n) is 5.18. The van der Waals surface area contributed by atoms with Crippen LogP contribution in [0.25, 0.3) is 0 Å². The number of aliphatic carboxylic acids is 1. The molecule has 0 bridgehead atoms. The van der Waals surface area contributed by atoms with E-state index in [1.807, 2.05) is 0 Å². The van der Waals surface area contributed by atoms with Crippen LogP contribution in [0.15, 0.2) is 35.8 Å². The number of rotatable bonds is 10. The lowest BCUT2D eigenvalue weighted by Crippen LogP contribution is -2.37. The summed E-state index contributed by atoms with van der Waals surface area (Å²) in [5, 5.41) is 19.0. The molecule has 0 saturated heterocycles. The molecule has 0 fully saturated rings. The van der Waals surface area contributed by atoms with Crippen LogP contribution in [0.5, 0.6) is 5.75 Å². The van der Waals surface area contributed by atoms with E-state index < -0.39 is 23.8 Å². The van der Waals surface area contributed by atoms with Gasteiger partial charge in [-0.1, -0.05) is 34.8 Å². The van der Waals surface area contributed by atoms with Gasteiger partial charge in [0.25, 0.3) is 11.8 Å². The Bertz CT molecular complexity index is 1400. The Kier molecular flexibility index (Phi) is 10.4. The summed E-state index contributed by atoms with van der Waals surface area (Å²) in [6.07, 6.45) is 1.17. The largest absolute Gasteiger partial charge is 0.494 e. The molecular formula is C24H22Cl3N5O6S. The second-order valence-corrected chi connectivity index (χ2v) is 10.1. The summed E-state index contributed by atoms with van der Waals surface area (Å²) in [7, 11) is 2.82. The molecule has 11 nitrogen and oxygen atoms in total. The summed E-state index contributed by atoms with van der Waals surface area (Å²) < 4.78 is 5.35. The van der Waals surface area contributed by atoms with Crippen molar-refractivity contribution in [3.63, 3.8) is 0 Å². The van der Waals surface area contributed by atoms with Gasteiger partial charge in [-0.15, -0.1) is 11.3 Å². The molecule has 0 radical (unpaired) electrons. The molecule has 0 saturated carbocycles. The Balaban J connectivity index is 1.77. The molecule has 39 heavy (non-hydrogen) atoms. The molecule has 4 amide bonds. The molecule has 0 atom stereocenters. The number of hydrogen-bond acceptors (Lipinski definition) is 7. The van der Waals surface area contributed by atoms with Gasteiger partial charge >= 0.3 is 12.0 Å². The zero-order valence-corrected chi connectivity index (χ0v) is 23.6. The van der Waals surface area contributed by atoms with Crippen molar-refractivity contribution in [1.82, 2.24) is 15.2 Å². The number of halogens is 3. The first-order chi connectivity index (χ1) is 18.5. The van der Waals surface area contributed by atoms with Crippen LogP contribution < -0.4 is 20.7 Å². The van der Waals surface area contributed by atoms with Crippen LogP contribution in [0.3, 0.4) is 0 Å². The summed E-state index contributed by atoms with van der Waals surface area (Å²) in [4.78, 5) is 54.5. The number of thiophene rings is 1. The van der Waals surface area contributed by atoms with Crippen LogP contribution >= 0.6 is 46.1 Å². The zero-order valence-electron chi connectivity index (χ0n) is 20.5. The average Bonchev–Trinajstić information content (AvgIpc) is 3.27. The molecule has 0 aliphatic heterocycles. The van der Waals surface area contributed by atoms with Gasteiger partial charge in [0.2, 0.25) is 0 Å². The van der Waals surface area contributed by atoms with Crippen molar-refractivity contribution in [2.45, 2.75) is 13.0 Å². The molecule has 2 aromatic heterocycles. The Morgan fingerprint density at radius 1 is 1.08 bits per heavy atom. The molecule has 0 aliphatic rings. The number of anilines is 2. The average molecular weight is 615 g/mol. The molecule has 1 aromatic carbocycles. The minimum Gasteiger partial charge on any atom is -0.494 e. The van der Waals surface area contributed by atoms with E-state index in [0.717, 1.165) is 11.3 Å². The molecule has 15 heteroatoms. The van der Waals surface area contributed by atoms with Gasteiger partial charge in [0.1, 0.15) is 16.4 Å². The number of nitrogens with zero attached hydrogens (tertiary/aromatic N) is 2. The lowest BCUT2D eigenvalue weighted by atomic mass is 10.1. The van der Waals surface area contributed by atoms with Gasteiger partial charge in [-0.2, -0.15) is 0 Å². The van der Waals surface area contributed by atoms with Gasteiger partial charge in [-0.05, 0) is 23.6 Å². The predicted octanol–water partition coefficient (Wildman–Crippen LogP) is 5.23. The fraction of sp³-hybridized carbons (Fsp3) is 0.208. The topological polar surface area (TPSA) is 150 Å². The summed E-state index contributed by atoms with van der Waals surface area (Å²) in [6, 6.07) is 5.37. The highest BCUT2D eigenvalue weighted by atomic mass is 35.5. The van der Waals surface area contributed by atoms with Crippen molar-refractivity contribution >= 4 is 81.5 Å². The summed E-state index contributed by atoms with van der Waals surface area (Å²) in [6.45, 7) is 0.0317. The Labute approximate surface area is 242 Å². The maximum absolute atomic E-state index is 13.2. The van der Waals surface area contributed by atoms with Gasteiger partial charge in [0.15, 0.2) is 0 Å². The van der Waals surface area contributed by atoms with Crippen molar-refractivity contribution in [2.75, 3.05) is 31.3 Å². The number of methoxy groups -OCH3 is 1. The van der Waals surface area contributed by atoms with Crippen molar-refractivity contribution in [1.29, 1.82) is 0 Å². The third kappa shape index (κ3) is 7.96. The molecule has 0 spiro atoms. The zero-order chi connectivity index (χ0) is 28.7. The number of nitrogens with one attached hydrogen (secondary N) is 3. The van der Waals surface area contributed by atoms with Crippen LogP contribution in [0.2, 0.25) is 15.1 Å². The van der Waals surface area contributed by atoms with Gasteiger partial charge < -0.3 is 30.7 Å². The van der Waals surface area contributed by atoms with Crippen molar-refractivity contribution in [2.24, 2.45) is 0 Å². The number of carboxylic acid groups (broad SMARTS) is 1. The van der Waals surface area contributed by atoms with E-state index >= 15 is 0 Å². The quantitative estimate of drug-likeness (QED) is 0.244. The molecule has 3 rings (SSSR count). The predicted molar refractivity (Wildman–Crippen MR) is 150 cm³/mol. The lowest BCUT2D eigenvalue weighted by Gasteiger charge is -2.17. The first-order valence-corrected chi connectivity index (χ1v) is 13.1. The number of carboxylic acids is 1. The number of carbonyl (C=O) groups excluding carboxylic acids is 3. The number of hydrogen-bond donors (Lipinski definition) is 4. The summed E-state index contributed by atoms with van der Waals surface area (Å²) in [5.41, 5.74) is 0.536. The van der Waals surface area contributed by atoms with Crippen LogP contribution in [-0.4, -0.2) is 59.5 Å². The van der Waals surface area contributed by atoms with E-state index in [1.54, 1.807) is 11.4 Å². The summed E-state index contributed by atoms with van der Waals surface area (Å²) in [5.74, 6) is -1.91. The molecule has 0 aliphatic carbocycles. The van der Waals surface area contributed by atoms with E-state index in [1.165, 1.54) is 43.5 Å². The van der Waals surface area contributed by atoms with Gasteiger partial charge in [0.05, 0.1) is 34.8 Å². The maximum Gasteiger partial charge on any atom is 0.317 e. The Morgan fingerprint density at radius 3 is 2.46 bits per heavy atom. The fourth-order valence-corrected chi connectivity index (χ4v) is 4.76. The number of ether oxygens (including phenoxy) is 1. The van der Waals surface area contributed by atoms with Crippen molar-refractivity contribution in [3.8, 4) is 5.75 Å². The second-order valence-electron chi connectivity index (χ2n) is 7.93. The van der Waals surface area contributed by atoms with Gasteiger partial charge in [-0.25, -0.2) is 9.78 Å². The monoisotopic (exact) mass is 613 g/mol. The van der Waals surface area contributed by atoms with E-state index in [9.17, 15) is 19.2 Å². The number of carbonyl (C=O) groups is 4. The van der Waals surface area contributed by atoms with E-state index in [2.05, 4.69) is 20.9 Å². The minimum atomic E-state index is -1.02. The Hall–Kier alpha value is -3.58. The summed E-state index contributed by atoms with van der Waals surface area (Å²) >= 11 is 19.5. The highest BCUT2D eigenvalue weighted by Crippen LogP contribution is 2.35. The van der Waals surface area contributed by atoms with Crippen LogP contribution in [0.1, 0.15) is 32.0 Å². The number of pyridine rings is 1. The normalized spacial score (nSPS) is 10.5. The first-order valence-electron chi connectivity index (χ1n) is 11.1. The number of amides is 4. The Morgan fingerprint density at radius 2 is 1.82 bits per heavy atom. The molecule has 2 heterocycles. The molecule has 3 aromatic rings. The molecular weight excluding hydrogens is 593 g/mol. The van der Waals surface area contributed by atoms with E-state index in [-0.39, 0.29) is 57.3 Å². The van der Waals surface area contributed by atoms with E-state index in [0.29, 0.717) is 10.6 Å². The molecule has 0 unspecified atom stereocenters. The maximum atomic E-state index is 13.2. The fourth-order valence-electron chi connectivity index (χ4n) is 3.18. The standard InChI is InChI=1S/C24H22Cl3N5O6S/c1-32(6-5-18(33)34)24(37)29-9-12-11-39-21(19(12)27)23(36)31-20-15(7-14(26)8-16(20)38-2)22(35)30-17-4-3-13(25)10-28-17/h3-4,7-8,10-11H,5-6,9H2,1-2H3,(H,29,37)(H,31,36)(H,33,34)(H,28,30,35). The molecule has 4 N–H and O–H groups in total. The first kappa shape index (κ1) is 30.0. The lowest BCUT2D eigenvalue weighted by molar-refractivity contribution is -0.137. The third-order valence-corrected chi connectivity index (χ3v) is 7.20. The van der Waals surface area contributed by atoms with Crippen LogP contribution in [0.4, 0.5) is 16.3 Å². The van der Waals surface area contributed by atoms with Crippen molar-refractivity contribution in [3.05, 3.63) is 66.9 Å². The molecule has 206 valence electrons. The van der Waals surface area contributed by atoms with Gasteiger partial charge in [0, 0.05) is 43.0 Å². The van der Waals surface area contributed by atoms with Crippen LogP contribution in [0, 0.1) is 0 Å². The second kappa shape index (κ2) is 13.5. The van der Waals surface area contributed by atoms with Crippen LogP contribution in [-0.2, 0) is 11.3 Å². The minimum absolute atomic E-state index is 0.00483. The van der Waals surface area contributed by atoms with E-state index in [4.69, 9.17) is 44.6 Å². The SMILES string of the molecule is COc1cc(Cl)cc(C(=O)Nc2ccc(Cl)cn2)c1NC(=O)c1scc(CNC(=O)N(C)CCC(=O)O)c1Cl. The number of benzene rings is 1. The number of aromatic nitrogens is 1. The highest BCUT2D eigenvalue weighted by Gasteiger charge is 2.24. The smallest absolute Gasteiger partial charge is 0.317 e. The number of urea groups is 1. The highest BCUT2D eigenvalue weighted by molar-refractivity contribution is 7.13.